The molecular formula is C12H11N3O2S2. The normalized spacial score (nSPS) is 11.8. The topological polar surface area (TPSA) is 63.5 Å². The fourth-order valence-corrected chi connectivity index (χ4v) is 3.84. The van der Waals surface area contributed by atoms with Crippen molar-refractivity contribution < 1.29 is 8.42 Å². The van der Waals surface area contributed by atoms with Crippen LogP contribution in [-0.2, 0) is 10.0 Å². The first-order valence-corrected chi connectivity index (χ1v) is 7.92. The SMILES string of the molecule is Cc1cn2cc(NS(=O)(=O)c3cccs3)ccc2n1. The van der Waals surface area contributed by atoms with E-state index < -0.39 is 10.0 Å². The van der Waals surface area contributed by atoms with E-state index in [1.807, 2.05) is 13.1 Å². The van der Waals surface area contributed by atoms with Gasteiger partial charge in [0.15, 0.2) is 0 Å². The van der Waals surface area contributed by atoms with E-state index in [-0.39, 0.29) is 0 Å². The fraction of sp³-hybridized carbons (Fsp3) is 0.0833. The molecule has 3 aromatic heterocycles. The highest BCUT2D eigenvalue weighted by atomic mass is 32.2. The van der Waals surface area contributed by atoms with E-state index in [9.17, 15) is 8.42 Å². The molecular weight excluding hydrogens is 282 g/mol. The van der Waals surface area contributed by atoms with Gasteiger partial charge in [-0.1, -0.05) is 6.07 Å². The third-order valence-electron chi connectivity index (χ3n) is 2.58. The summed E-state index contributed by atoms with van der Waals surface area (Å²) in [5.74, 6) is 0. The smallest absolute Gasteiger partial charge is 0.271 e. The van der Waals surface area contributed by atoms with Crippen molar-refractivity contribution in [2.75, 3.05) is 4.72 Å². The zero-order valence-electron chi connectivity index (χ0n) is 10.1. The van der Waals surface area contributed by atoms with Gasteiger partial charge in [-0.15, -0.1) is 11.3 Å². The number of anilines is 1. The summed E-state index contributed by atoms with van der Waals surface area (Å²) in [4.78, 5) is 4.29. The van der Waals surface area contributed by atoms with Crippen molar-refractivity contribution >= 4 is 32.7 Å². The van der Waals surface area contributed by atoms with Gasteiger partial charge in [0.05, 0.1) is 11.4 Å². The zero-order valence-corrected chi connectivity index (χ0v) is 11.7. The number of hydrogen-bond acceptors (Lipinski definition) is 4. The molecule has 7 heteroatoms. The van der Waals surface area contributed by atoms with Gasteiger partial charge in [-0.05, 0) is 30.5 Å². The molecule has 5 nitrogen and oxygen atoms in total. The first-order chi connectivity index (χ1) is 9.04. The van der Waals surface area contributed by atoms with Crippen LogP contribution in [0.3, 0.4) is 0 Å². The lowest BCUT2D eigenvalue weighted by Crippen LogP contribution is -2.11. The number of rotatable bonds is 3. The Bertz CT molecular complexity index is 820. The van der Waals surface area contributed by atoms with E-state index in [0.29, 0.717) is 9.90 Å². The number of sulfonamides is 1. The molecule has 3 rings (SSSR count). The van der Waals surface area contributed by atoms with Gasteiger partial charge in [-0.3, -0.25) is 4.72 Å². The Morgan fingerprint density at radius 1 is 1.26 bits per heavy atom. The van der Waals surface area contributed by atoms with Crippen LogP contribution < -0.4 is 4.72 Å². The minimum atomic E-state index is -3.50. The molecule has 1 N–H and O–H groups in total. The van der Waals surface area contributed by atoms with Crippen LogP contribution in [0.4, 0.5) is 5.69 Å². The van der Waals surface area contributed by atoms with Gasteiger partial charge in [-0.2, -0.15) is 0 Å². The number of nitrogens with one attached hydrogen (secondary N) is 1. The summed E-state index contributed by atoms with van der Waals surface area (Å²) in [6.07, 6.45) is 3.55. The quantitative estimate of drug-likeness (QED) is 0.807. The monoisotopic (exact) mass is 293 g/mol. The summed E-state index contributed by atoms with van der Waals surface area (Å²) in [6.45, 7) is 1.89. The van der Waals surface area contributed by atoms with Crippen molar-refractivity contribution in [3.63, 3.8) is 0 Å². The number of hydrogen-bond donors (Lipinski definition) is 1. The number of nitrogens with zero attached hydrogens (tertiary/aromatic N) is 2. The Morgan fingerprint density at radius 3 is 2.84 bits per heavy atom. The number of aryl methyl sites for hydroxylation is 1. The molecule has 0 fully saturated rings. The molecule has 98 valence electrons. The molecule has 0 aliphatic rings. The average molecular weight is 293 g/mol. The Morgan fingerprint density at radius 2 is 2.11 bits per heavy atom. The fourth-order valence-electron chi connectivity index (χ4n) is 1.80. The molecule has 0 aliphatic heterocycles. The minimum Gasteiger partial charge on any atom is -0.305 e. The number of thiophene rings is 1. The summed E-state index contributed by atoms with van der Waals surface area (Å²) in [5, 5.41) is 1.73. The van der Waals surface area contributed by atoms with Gasteiger partial charge in [0.25, 0.3) is 10.0 Å². The van der Waals surface area contributed by atoms with Crippen molar-refractivity contribution in [1.29, 1.82) is 0 Å². The van der Waals surface area contributed by atoms with E-state index in [1.165, 1.54) is 11.3 Å². The Kier molecular flexibility index (Phi) is 2.79. The van der Waals surface area contributed by atoms with Gasteiger partial charge in [0.1, 0.15) is 9.86 Å². The highest BCUT2D eigenvalue weighted by Crippen LogP contribution is 2.20. The molecule has 0 saturated carbocycles. The van der Waals surface area contributed by atoms with Crippen LogP contribution in [0.5, 0.6) is 0 Å². The lowest BCUT2D eigenvalue weighted by Gasteiger charge is -2.06. The van der Waals surface area contributed by atoms with E-state index >= 15 is 0 Å². The van der Waals surface area contributed by atoms with Gasteiger partial charge < -0.3 is 4.40 Å². The molecule has 3 heterocycles. The maximum Gasteiger partial charge on any atom is 0.271 e. The van der Waals surface area contributed by atoms with E-state index in [2.05, 4.69) is 9.71 Å². The maximum atomic E-state index is 12.1. The lowest BCUT2D eigenvalue weighted by atomic mass is 10.4. The molecule has 0 bridgehead atoms. The second-order valence-corrected chi connectivity index (χ2v) is 6.96. The first-order valence-electron chi connectivity index (χ1n) is 5.56. The van der Waals surface area contributed by atoms with Crippen molar-refractivity contribution in [3.05, 3.63) is 47.7 Å². The average Bonchev–Trinajstić information content (AvgIpc) is 2.95. The number of pyridine rings is 1. The highest BCUT2D eigenvalue weighted by Gasteiger charge is 2.15. The zero-order chi connectivity index (χ0) is 13.5. The lowest BCUT2D eigenvalue weighted by molar-refractivity contribution is 0.603. The Balaban J connectivity index is 1.97. The summed E-state index contributed by atoms with van der Waals surface area (Å²) < 4.78 is 28.8. The maximum absolute atomic E-state index is 12.1. The Labute approximate surface area is 114 Å². The third-order valence-corrected chi connectivity index (χ3v) is 5.36. The molecule has 0 aliphatic carbocycles. The first kappa shape index (κ1) is 12.2. The van der Waals surface area contributed by atoms with E-state index in [4.69, 9.17) is 0 Å². The minimum absolute atomic E-state index is 0.300. The molecule has 19 heavy (non-hydrogen) atoms. The molecule has 0 radical (unpaired) electrons. The predicted octanol–water partition coefficient (Wildman–Crippen LogP) is 2.51. The molecule has 0 atom stereocenters. The molecule has 3 aromatic rings. The van der Waals surface area contributed by atoms with Crippen LogP contribution in [0.2, 0.25) is 0 Å². The second-order valence-electron chi connectivity index (χ2n) is 4.10. The molecule has 0 aromatic carbocycles. The van der Waals surface area contributed by atoms with Crippen LogP contribution in [0.15, 0.2) is 46.2 Å². The highest BCUT2D eigenvalue weighted by molar-refractivity contribution is 7.94. The van der Waals surface area contributed by atoms with Crippen LogP contribution >= 0.6 is 11.3 Å². The van der Waals surface area contributed by atoms with Gasteiger partial charge in [0.2, 0.25) is 0 Å². The molecule has 0 amide bonds. The molecule has 0 saturated heterocycles. The van der Waals surface area contributed by atoms with Gasteiger partial charge in [-0.25, -0.2) is 13.4 Å². The number of fused-ring (bicyclic) bond motifs is 1. The number of aromatic nitrogens is 2. The van der Waals surface area contributed by atoms with Gasteiger partial charge in [0, 0.05) is 12.4 Å². The van der Waals surface area contributed by atoms with Crippen LogP contribution in [0, 0.1) is 6.92 Å². The van der Waals surface area contributed by atoms with E-state index in [0.717, 1.165) is 11.3 Å². The molecule has 0 unspecified atom stereocenters. The van der Waals surface area contributed by atoms with Crippen LogP contribution in [0.25, 0.3) is 5.65 Å². The summed E-state index contributed by atoms with van der Waals surface area (Å²) in [5.41, 5.74) is 2.19. The van der Waals surface area contributed by atoms with Crippen LogP contribution in [-0.4, -0.2) is 17.8 Å². The van der Waals surface area contributed by atoms with Crippen molar-refractivity contribution in [2.24, 2.45) is 0 Å². The summed E-state index contributed by atoms with van der Waals surface area (Å²) in [7, 11) is -3.50. The third kappa shape index (κ3) is 2.34. The second kappa shape index (κ2) is 4.36. The van der Waals surface area contributed by atoms with Gasteiger partial charge >= 0.3 is 0 Å². The Hall–Kier alpha value is -1.86. The van der Waals surface area contributed by atoms with E-state index in [1.54, 1.807) is 40.2 Å². The van der Waals surface area contributed by atoms with Crippen molar-refractivity contribution in [3.8, 4) is 0 Å². The number of imidazole rings is 1. The standard InChI is InChI=1S/C12H11N3O2S2/c1-9-7-15-8-10(4-5-11(15)13-9)14-19(16,17)12-3-2-6-18-12/h2-8,14H,1H3. The molecule has 0 spiro atoms. The predicted molar refractivity (Wildman–Crippen MR) is 75.1 cm³/mol. The summed E-state index contributed by atoms with van der Waals surface area (Å²) in [6, 6.07) is 6.76. The van der Waals surface area contributed by atoms with Crippen LogP contribution in [0.1, 0.15) is 5.69 Å². The van der Waals surface area contributed by atoms with Crippen molar-refractivity contribution in [1.82, 2.24) is 9.38 Å². The largest absolute Gasteiger partial charge is 0.305 e. The van der Waals surface area contributed by atoms with Crippen molar-refractivity contribution in [2.45, 2.75) is 11.1 Å². The summed E-state index contributed by atoms with van der Waals surface area (Å²) >= 11 is 1.19.